The monoisotopic (exact) mass is 234 g/mol. The molecule has 0 saturated heterocycles. The number of thiol groups is 1. The lowest BCUT2D eigenvalue weighted by Gasteiger charge is -2.08. The summed E-state index contributed by atoms with van der Waals surface area (Å²) in [5.74, 6) is 0.594. The Morgan fingerprint density at radius 2 is 1.91 bits per heavy atom. The van der Waals surface area contributed by atoms with E-state index in [1.165, 1.54) is 0 Å². The molecule has 4 nitrogen and oxygen atoms in total. The van der Waals surface area contributed by atoms with Crippen LogP contribution in [0.3, 0.4) is 0 Å². The Morgan fingerprint density at radius 3 is 2.36 bits per heavy atom. The summed E-state index contributed by atoms with van der Waals surface area (Å²) in [6, 6.07) is 0. The fourth-order valence-corrected chi connectivity index (χ4v) is 1.18. The van der Waals surface area contributed by atoms with Gasteiger partial charge in [-0.15, -0.1) is 12.6 Å². The van der Waals surface area contributed by atoms with Gasteiger partial charge in [-0.25, -0.2) is 0 Å². The third-order valence-corrected chi connectivity index (χ3v) is 1.54. The van der Waals surface area contributed by atoms with Gasteiger partial charge < -0.3 is 4.90 Å². The number of anilines is 1. The highest BCUT2D eigenvalue weighted by atomic mass is 79.9. The molecule has 0 saturated carbocycles. The van der Waals surface area contributed by atoms with E-state index >= 15 is 0 Å². The topological polar surface area (TPSA) is 41.9 Å². The van der Waals surface area contributed by atoms with E-state index in [9.17, 15) is 0 Å². The van der Waals surface area contributed by atoms with Crippen molar-refractivity contribution in [1.82, 2.24) is 15.0 Å². The lowest BCUT2D eigenvalue weighted by molar-refractivity contribution is 0.848. The zero-order valence-electron chi connectivity index (χ0n) is 6.11. The minimum absolute atomic E-state index is 0.413. The molecule has 6 heteroatoms. The van der Waals surface area contributed by atoms with Crippen LogP contribution >= 0.6 is 28.6 Å². The molecule has 1 rings (SSSR count). The van der Waals surface area contributed by atoms with E-state index in [0.717, 1.165) is 0 Å². The summed E-state index contributed by atoms with van der Waals surface area (Å²) in [6.45, 7) is 0. The van der Waals surface area contributed by atoms with Gasteiger partial charge in [-0.1, -0.05) is 0 Å². The second-order valence-electron chi connectivity index (χ2n) is 2.10. The molecule has 0 unspecified atom stereocenters. The molecule has 1 aromatic heterocycles. The first-order valence-electron chi connectivity index (χ1n) is 2.87. The largest absolute Gasteiger partial charge is 0.347 e. The van der Waals surface area contributed by atoms with Gasteiger partial charge in [-0.3, -0.25) is 0 Å². The maximum Gasteiger partial charge on any atom is 0.229 e. The number of halogens is 1. The summed E-state index contributed by atoms with van der Waals surface area (Å²) in [4.78, 5) is 13.6. The Balaban J connectivity index is 3.08. The van der Waals surface area contributed by atoms with E-state index in [0.29, 0.717) is 15.8 Å². The zero-order chi connectivity index (χ0) is 8.43. The van der Waals surface area contributed by atoms with Crippen LogP contribution < -0.4 is 4.90 Å². The van der Waals surface area contributed by atoms with Crippen LogP contribution in [0.5, 0.6) is 0 Å². The highest BCUT2D eigenvalue weighted by Crippen LogP contribution is 2.10. The van der Waals surface area contributed by atoms with Crippen molar-refractivity contribution < 1.29 is 0 Å². The van der Waals surface area contributed by atoms with Crippen molar-refractivity contribution in [2.75, 3.05) is 19.0 Å². The number of nitrogens with zero attached hydrogens (tertiary/aromatic N) is 4. The Hall–Kier alpha value is -0.360. The summed E-state index contributed by atoms with van der Waals surface area (Å²) in [5.41, 5.74) is 0. The van der Waals surface area contributed by atoms with Crippen LogP contribution in [0.25, 0.3) is 0 Å². The number of aromatic nitrogens is 3. The molecule has 0 aliphatic heterocycles. The Bertz CT molecular complexity index is 244. The Labute approximate surface area is 78.6 Å². The molecule has 0 aromatic carbocycles. The molecule has 1 aromatic rings. The van der Waals surface area contributed by atoms with Gasteiger partial charge in [-0.2, -0.15) is 15.0 Å². The summed E-state index contributed by atoms with van der Waals surface area (Å²) in [7, 11) is 3.71. The maximum atomic E-state index is 4.00. The summed E-state index contributed by atoms with van der Waals surface area (Å²) in [6.07, 6.45) is 0. The Kier molecular flexibility index (Phi) is 2.67. The first-order chi connectivity index (χ1) is 5.09. The van der Waals surface area contributed by atoms with Crippen molar-refractivity contribution in [3.05, 3.63) is 4.73 Å². The molecule has 1 heterocycles. The molecule has 0 fully saturated rings. The molecule has 0 aliphatic carbocycles. The molecule has 0 N–H and O–H groups in total. The van der Waals surface area contributed by atoms with E-state index in [2.05, 4.69) is 43.5 Å². The van der Waals surface area contributed by atoms with E-state index in [1.54, 1.807) is 4.90 Å². The molecule has 0 amide bonds. The second kappa shape index (κ2) is 3.36. The number of hydrogen-bond donors (Lipinski definition) is 1. The molecule has 60 valence electrons. The summed E-state index contributed by atoms with van der Waals surface area (Å²) in [5, 5.41) is 0.413. The summed E-state index contributed by atoms with van der Waals surface area (Å²) >= 11 is 7.14. The molecule has 0 aliphatic rings. The van der Waals surface area contributed by atoms with Crippen LogP contribution in [0.15, 0.2) is 9.89 Å². The molecule has 0 bridgehead atoms. The first kappa shape index (κ1) is 8.73. The smallest absolute Gasteiger partial charge is 0.229 e. The van der Waals surface area contributed by atoms with Crippen LogP contribution in [0.2, 0.25) is 0 Å². The molecular weight excluding hydrogens is 228 g/mol. The van der Waals surface area contributed by atoms with Gasteiger partial charge in [0.1, 0.15) is 0 Å². The molecule has 0 radical (unpaired) electrons. The van der Waals surface area contributed by atoms with Gasteiger partial charge in [-0.05, 0) is 15.9 Å². The van der Waals surface area contributed by atoms with E-state index in [1.807, 2.05) is 14.1 Å². The maximum absolute atomic E-state index is 4.00. The van der Waals surface area contributed by atoms with Gasteiger partial charge in [0, 0.05) is 14.1 Å². The third kappa shape index (κ3) is 2.30. The predicted molar refractivity (Wildman–Crippen MR) is 49.1 cm³/mol. The van der Waals surface area contributed by atoms with Crippen LogP contribution in [-0.2, 0) is 0 Å². The predicted octanol–water partition coefficient (Wildman–Crippen LogP) is 0.989. The van der Waals surface area contributed by atoms with Crippen LogP contribution in [0.4, 0.5) is 5.95 Å². The highest BCUT2D eigenvalue weighted by Gasteiger charge is 2.02. The number of hydrogen-bond acceptors (Lipinski definition) is 5. The lowest BCUT2D eigenvalue weighted by Crippen LogP contribution is -2.13. The van der Waals surface area contributed by atoms with Gasteiger partial charge in [0.25, 0.3) is 0 Å². The van der Waals surface area contributed by atoms with Crippen molar-refractivity contribution in [1.29, 1.82) is 0 Å². The normalized spacial score (nSPS) is 9.82. The summed E-state index contributed by atoms with van der Waals surface area (Å²) < 4.78 is 0.501. The van der Waals surface area contributed by atoms with Gasteiger partial charge >= 0.3 is 0 Å². The average molecular weight is 235 g/mol. The molecule has 11 heavy (non-hydrogen) atoms. The SMILES string of the molecule is CN(C)c1nc(S)nc(Br)n1. The first-order valence-corrected chi connectivity index (χ1v) is 4.11. The fourth-order valence-electron chi connectivity index (χ4n) is 0.529. The fraction of sp³-hybridized carbons (Fsp3) is 0.400. The third-order valence-electron chi connectivity index (χ3n) is 0.985. The zero-order valence-corrected chi connectivity index (χ0v) is 8.59. The Morgan fingerprint density at radius 1 is 1.27 bits per heavy atom. The van der Waals surface area contributed by atoms with E-state index in [-0.39, 0.29) is 0 Å². The minimum Gasteiger partial charge on any atom is -0.347 e. The van der Waals surface area contributed by atoms with Crippen molar-refractivity contribution in [3.63, 3.8) is 0 Å². The van der Waals surface area contributed by atoms with Crippen LogP contribution in [0, 0.1) is 0 Å². The van der Waals surface area contributed by atoms with E-state index < -0.39 is 0 Å². The van der Waals surface area contributed by atoms with Gasteiger partial charge in [0.15, 0.2) is 5.16 Å². The number of rotatable bonds is 1. The standard InChI is InChI=1S/C5H7BrN4S/c1-10(2)4-7-3(6)8-5(11)9-4/h1-2H3,(H,7,8,9,11). The average Bonchev–Trinajstić information content (AvgIpc) is 1.85. The van der Waals surface area contributed by atoms with Crippen LogP contribution in [0.1, 0.15) is 0 Å². The van der Waals surface area contributed by atoms with Crippen molar-refractivity contribution in [3.8, 4) is 0 Å². The van der Waals surface area contributed by atoms with Crippen LogP contribution in [-0.4, -0.2) is 29.0 Å². The van der Waals surface area contributed by atoms with Gasteiger partial charge in [0.2, 0.25) is 10.7 Å². The molecular formula is C5H7BrN4S. The quantitative estimate of drug-likeness (QED) is 0.737. The van der Waals surface area contributed by atoms with Gasteiger partial charge in [0.05, 0.1) is 0 Å². The molecule has 0 spiro atoms. The van der Waals surface area contributed by atoms with Crippen molar-refractivity contribution in [2.45, 2.75) is 5.16 Å². The minimum atomic E-state index is 0.413. The lowest BCUT2D eigenvalue weighted by atomic mass is 10.8. The second-order valence-corrected chi connectivity index (χ2v) is 3.21. The van der Waals surface area contributed by atoms with E-state index in [4.69, 9.17) is 0 Å². The highest BCUT2D eigenvalue weighted by molar-refractivity contribution is 9.10. The van der Waals surface area contributed by atoms with Crippen molar-refractivity contribution in [2.24, 2.45) is 0 Å². The molecule has 0 atom stereocenters. The van der Waals surface area contributed by atoms with Crippen molar-refractivity contribution >= 4 is 34.5 Å².